The molecule has 11 aromatic rings. The second-order valence-electron chi connectivity index (χ2n) is 17.5. The summed E-state index contributed by atoms with van der Waals surface area (Å²) in [6, 6.07) is 73.1. The predicted octanol–water partition coefficient (Wildman–Crippen LogP) is 15.8. The van der Waals surface area contributed by atoms with Crippen LogP contribution in [0.15, 0.2) is 200 Å². The molecule has 0 aliphatic heterocycles. The highest BCUT2D eigenvalue weighted by molar-refractivity contribution is 6.32. The molecule has 0 amide bonds. The van der Waals surface area contributed by atoms with Gasteiger partial charge in [0.15, 0.2) is 5.82 Å². The van der Waals surface area contributed by atoms with Crippen LogP contribution in [0, 0.1) is 0 Å². The van der Waals surface area contributed by atoms with Gasteiger partial charge in [-0.2, -0.15) is 0 Å². The number of rotatable bonds is 5. The largest absolute Gasteiger partial charge is 0.309 e. The van der Waals surface area contributed by atoms with Crippen LogP contribution in [-0.4, -0.2) is 14.5 Å². The van der Waals surface area contributed by atoms with Crippen LogP contribution >= 0.6 is 0 Å². The van der Waals surface area contributed by atoms with Crippen molar-refractivity contribution in [2.45, 2.75) is 37.5 Å². The number of aromatic nitrogens is 3. The Morgan fingerprint density at radius 1 is 0.429 bits per heavy atom. The van der Waals surface area contributed by atoms with E-state index in [1.807, 2.05) is 0 Å². The van der Waals surface area contributed by atoms with E-state index in [1.54, 1.807) is 0 Å². The van der Waals surface area contributed by atoms with Crippen molar-refractivity contribution in [2.75, 3.05) is 0 Å². The Balaban J connectivity index is 1.06. The smallest absolute Gasteiger partial charge is 0.160 e. The molecule has 2 aromatic heterocycles. The first-order valence-electron chi connectivity index (χ1n) is 22.5. The SMILES string of the molecule is c1ccc(-c2cccc(-c3nc(-c4ccccc4)cc(-c4ccc(-n5c6ccc7ccccc7c6c6c7ccccc7c7c(c65)C5(CCCCC5)c5ccccc5-7)cc4)n3)c2)cc1. The molecule has 298 valence electrons. The molecule has 0 saturated heterocycles. The third kappa shape index (κ3) is 5.52. The number of hydrogen-bond donors (Lipinski definition) is 0. The van der Waals surface area contributed by atoms with Crippen LogP contribution in [0.2, 0.25) is 0 Å². The highest BCUT2D eigenvalue weighted by Gasteiger charge is 2.47. The molecule has 9 aromatic carbocycles. The minimum atomic E-state index is -0.0443. The molecule has 0 radical (unpaired) electrons. The van der Waals surface area contributed by atoms with Gasteiger partial charge in [0, 0.05) is 38.6 Å². The van der Waals surface area contributed by atoms with E-state index in [9.17, 15) is 0 Å². The highest BCUT2D eigenvalue weighted by Crippen LogP contribution is 2.61. The average Bonchev–Trinajstić information content (AvgIpc) is 3.85. The highest BCUT2D eigenvalue weighted by atomic mass is 15.0. The van der Waals surface area contributed by atoms with Gasteiger partial charge in [0.2, 0.25) is 0 Å². The van der Waals surface area contributed by atoms with Crippen LogP contribution in [0.4, 0.5) is 0 Å². The molecule has 0 unspecified atom stereocenters. The molecule has 1 saturated carbocycles. The summed E-state index contributed by atoms with van der Waals surface area (Å²) in [5.74, 6) is 0.710. The molecule has 0 bridgehead atoms. The molecule has 2 aliphatic rings. The summed E-state index contributed by atoms with van der Waals surface area (Å²) in [5.41, 5.74) is 16.8. The van der Waals surface area contributed by atoms with Crippen LogP contribution in [0.25, 0.3) is 105 Å². The second kappa shape index (κ2) is 14.2. The second-order valence-corrected chi connectivity index (χ2v) is 17.5. The Morgan fingerprint density at radius 3 is 1.83 bits per heavy atom. The minimum absolute atomic E-state index is 0.0443. The third-order valence-electron chi connectivity index (χ3n) is 14.2. The quantitative estimate of drug-likeness (QED) is 0.173. The topological polar surface area (TPSA) is 30.7 Å². The molecule has 1 fully saturated rings. The zero-order chi connectivity index (χ0) is 41.5. The molecule has 1 spiro atoms. The minimum Gasteiger partial charge on any atom is -0.309 e. The predicted molar refractivity (Wildman–Crippen MR) is 262 cm³/mol. The third-order valence-corrected chi connectivity index (χ3v) is 14.2. The summed E-state index contributed by atoms with van der Waals surface area (Å²) < 4.78 is 2.62. The lowest BCUT2D eigenvalue weighted by molar-refractivity contribution is 0.354. The molecule has 3 heteroatoms. The zero-order valence-corrected chi connectivity index (χ0v) is 34.9. The van der Waals surface area contributed by atoms with Crippen LogP contribution in [0.5, 0.6) is 0 Å². The van der Waals surface area contributed by atoms with Crippen molar-refractivity contribution in [3.05, 3.63) is 211 Å². The van der Waals surface area contributed by atoms with Gasteiger partial charge in [-0.15, -0.1) is 0 Å². The van der Waals surface area contributed by atoms with Gasteiger partial charge in [0.05, 0.1) is 22.4 Å². The van der Waals surface area contributed by atoms with Crippen molar-refractivity contribution in [1.29, 1.82) is 0 Å². The summed E-state index contributed by atoms with van der Waals surface area (Å²) in [4.78, 5) is 10.5. The first-order valence-corrected chi connectivity index (χ1v) is 22.5. The van der Waals surface area contributed by atoms with E-state index in [-0.39, 0.29) is 5.41 Å². The number of fused-ring (bicyclic) bond motifs is 14. The van der Waals surface area contributed by atoms with E-state index < -0.39 is 0 Å². The molecule has 0 N–H and O–H groups in total. The molecule has 13 rings (SSSR count). The summed E-state index contributed by atoms with van der Waals surface area (Å²) in [6.07, 6.45) is 6.10. The molecule has 3 nitrogen and oxygen atoms in total. The lowest BCUT2D eigenvalue weighted by atomic mass is 9.67. The van der Waals surface area contributed by atoms with E-state index in [0.717, 1.165) is 39.3 Å². The Kier molecular flexibility index (Phi) is 8.14. The maximum atomic E-state index is 5.30. The van der Waals surface area contributed by atoms with Crippen molar-refractivity contribution in [1.82, 2.24) is 14.5 Å². The van der Waals surface area contributed by atoms with Crippen molar-refractivity contribution < 1.29 is 0 Å². The van der Waals surface area contributed by atoms with Crippen LogP contribution in [0.1, 0.15) is 43.2 Å². The fourth-order valence-electron chi connectivity index (χ4n) is 11.4. The summed E-state index contributed by atoms with van der Waals surface area (Å²) in [7, 11) is 0. The summed E-state index contributed by atoms with van der Waals surface area (Å²) in [5, 5.41) is 7.95. The number of hydrogen-bond acceptors (Lipinski definition) is 2. The molecule has 2 heterocycles. The average molecular weight is 806 g/mol. The van der Waals surface area contributed by atoms with E-state index in [2.05, 4.69) is 205 Å². The van der Waals surface area contributed by atoms with Gasteiger partial charge < -0.3 is 4.57 Å². The van der Waals surface area contributed by atoms with E-state index in [0.29, 0.717) is 5.82 Å². The maximum absolute atomic E-state index is 5.30. The Labute approximate surface area is 367 Å². The van der Waals surface area contributed by atoms with Gasteiger partial charge in [0.25, 0.3) is 0 Å². The normalized spacial score (nSPS) is 14.2. The van der Waals surface area contributed by atoms with Gasteiger partial charge in [-0.1, -0.05) is 189 Å². The standard InChI is InChI=1S/C60H43N3/c1-4-17-39(18-5-1)43-22-16-23-44(37-43)59-61-51(41-20-6-2-7-21-41)38-52(62-59)42-29-32-45(33-30-42)63-53-34-31-40-19-8-9-24-46(40)55(53)56-48-26-11-10-25-47(48)54-49-27-12-13-28-50(49)60(57(54)58(56)63)35-14-3-15-36-60/h1-2,4-13,16-34,37-38H,3,14-15,35-36H2. The molecular weight excluding hydrogens is 763 g/mol. The van der Waals surface area contributed by atoms with Gasteiger partial charge in [-0.3, -0.25) is 0 Å². The Morgan fingerprint density at radius 2 is 1.05 bits per heavy atom. The van der Waals surface area contributed by atoms with E-state index in [4.69, 9.17) is 9.97 Å². The van der Waals surface area contributed by atoms with Gasteiger partial charge in [-0.25, -0.2) is 9.97 Å². The van der Waals surface area contributed by atoms with Crippen molar-refractivity contribution in [3.8, 4) is 61.8 Å². The maximum Gasteiger partial charge on any atom is 0.160 e. The Hall–Kier alpha value is -7.62. The van der Waals surface area contributed by atoms with Crippen molar-refractivity contribution in [2.24, 2.45) is 0 Å². The summed E-state index contributed by atoms with van der Waals surface area (Å²) >= 11 is 0. The van der Waals surface area contributed by atoms with Gasteiger partial charge in [0.1, 0.15) is 0 Å². The lowest BCUT2D eigenvalue weighted by Gasteiger charge is -2.36. The van der Waals surface area contributed by atoms with Crippen LogP contribution in [0.3, 0.4) is 0 Å². The molecule has 0 atom stereocenters. The van der Waals surface area contributed by atoms with Gasteiger partial charge in [-0.05, 0) is 98.1 Å². The van der Waals surface area contributed by atoms with Crippen LogP contribution < -0.4 is 0 Å². The Bertz CT molecular complexity index is 3580. The first-order chi connectivity index (χ1) is 31.2. The monoisotopic (exact) mass is 805 g/mol. The fraction of sp³-hybridized carbons (Fsp3) is 0.100. The molecular formula is C60H43N3. The summed E-state index contributed by atoms with van der Waals surface area (Å²) in [6.45, 7) is 0. The lowest BCUT2D eigenvalue weighted by Crippen LogP contribution is -2.28. The number of benzene rings is 9. The first kappa shape index (κ1) is 36.1. The zero-order valence-electron chi connectivity index (χ0n) is 34.9. The molecule has 63 heavy (non-hydrogen) atoms. The van der Waals surface area contributed by atoms with Crippen molar-refractivity contribution >= 4 is 43.4 Å². The number of nitrogens with zero attached hydrogens (tertiary/aromatic N) is 3. The molecule has 2 aliphatic carbocycles. The fourth-order valence-corrected chi connectivity index (χ4v) is 11.4. The van der Waals surface area contributed by atoms with Gasteiger partial charge >= 0.3 is 0 Å². The van der Waals surface area contributed by atoms with E-state index in [1.165, 1.54) is 103 Å². The van der Waals surface area contributed by atoms with Crippen molar-refractivity contribution in [3.63, 3.8) is 0 Å². The van der Waals surface area contributed by atoms with E-state index >= 15 is 0 Å². The van der Waals surface area contributed by atoms with Crippen LogP contribution in [-0.2, 0) is 5.41 Å².